The van der Waals surface area contributed by atoms with Crippen molar-refractivity contribution >= 4 is 29.2 Å². The molecule has 1 atom stereocenters. The third-order valence-electron chi connectivity index (χ3n) is 4.41. The lowest BCUT2D eigenvalue weighted by molar-refractivity contribution is -0.158. The third-order valence-corrected chi connectivity index (χ3v) is 4.41. The zero-order valence-corrected chi connectivity index (χ0v) is 15.7. The molecule has 7 nitrogen and oxygen atoms in total. The van der Waals surface area contributed by atoms with E-state index in [1.54, 1.807) is 0 Å². The molecule has 0 spiro atoms. The Bertz CT molecular complexity index is 960. The van der Waals surface area contributed by atoms with E-state index in [1.807, 2.05) is 0 Å². The van der Waals surface area contributed by atoms with Crippen LogP contribution in [0.5, 0.6) is 5.75 Å². The number of fused-ring (bicyclic) bond motifs is 1. The Hall–Kier alpha value is -3.56. The summed E-state index contributed by atoms with van der Waals surface area (Å²) in [5.74, 6) is -2.21. The number of ether oxygens (including phenoxy) is 2. The molecule has 0 aliphatic carbocycles. The highest BCUT2D eigenvalue weighted by Gasteiger charge is 2.49. The largest absolute Gasteiger partial charge is 0.484 e. The number of hydrogen-bond acceptors (Lipinski definition) is 5. The van der Waals surface area contributed by atoms with Gasteiger partial charge in [0.15, 0.2) is 6.61 Å². The van der Waals surface area contributed by atoms with E-state index in [0.717, 1.165) is 0 Å². The summed E-state index contributed by atoms with van der Waals surface area (Å²) in [6, 6.07) is 8.98. The van der Waals surface area contributed by atoms with Crippen molar-refractivity contribution in [3.63, 3.8) is 0 Å². The van der Waals surface area contributed by atoms with E-state index in [4.69, 9.17) is 4.74 Å². The first-order chi connectivity index (χ1) is 14.2. The molecule has 0 radical (unpaired) electrons. The number of carbonyl (C=O) groups excluding carboxylic acids is 3. The maximum atomic E-state index is 13.7. The molecule has 2 amide bonds. The number of amides is 2. The van der Waals surface area contributed by atoms with Gasteiger partial charge >= 0.3 is 12.1 Å². The number of hydrogen-bond donors (Lipinski definition) is 1. The Balaban J connectivity index is 1.84. The number of benzene rings is 2. The summed E-state index contributed by atoms with van der Waals surface area (Å²) < 4.78 is 50.9. The van der Waals surface area contributed by atoms with E-state index >= 15 is 0 Å². The minimum Gasteiger partial charge on any atom is -0.484 e. The van der Waals surface area contributed by atoms with E-state index in [9.17, 15) is 27.6 Å². The van der Waals surface area contributed by atoms with Crippen LogP contribution in [-0.4, -0.2) is 43.7 Å². The highest BCUT2D eigenvalue weighted by molar-refractivity contribution is 6.05. The van der Waals surface area contributed by atoms with Crippen molar-refractivity contribution in [1.29, 1.82) is 0 Å². The SMILES string of the molecule is COC(=O)c1ccc(OCC(=O)N2c3ccccc3NC(=O)C[C@H]2C(F)(F)F)cc1. The fourth-order valence-electron chi connectivity index (χ4n) is 3.02. The smallest absolute Gasteiger partial charge is 0.409 e. The van der Waals surface area contributed by atoms with Crippen molar-refractivity contribution in [2.24, 2.45) is 0 Å². The van der Waals surface area contributed by atoms with Gasteiger partial charge in [-0.2, -0.15) is 13.2 Å². The highest BCUT2D eigenvalue weighted by Crippen LogP contribution is 2.37. The number of methoxy groups -OCH3 is 1. The van der Waals surface area contributed by atoms with Gasteiger partial charge in [-0.3, -0.25) is 14.5 Å². The number of nitrogens with zero attached hydrogens (tertiary/aromatic N) is 1. The van der Waals surface area contributed by atoms with Crippen LogP contribution in [-0.2, 0) is 14.3 Å². The Labute approximate surface area is 169 Å². The molecule has 158 valence electrons. The summed E-state index contributed by atoms with van der Waals surface area (Å²) in [5, 5.41) is 2.39. The van der Waals surface area contributed by atoms with Crippen molar-refractivity contribution < 1.29 is 37.0 Å². The summed E-state index contributed by atoms with van der Waals surface area (Å²) in [5.41, 5.74) is 0.282. The second kappa shape index (κ2) is 8.44. The lowest BCUT2D eigenvalue weighted by Gasteiger charge is -2.31. The van der Waals surface area contributed by atoms with Crippen LogP contribution in [0.2, 0.25) is 0 Å². The maximum Gasteiger partial charge on any atom is 0.409 e. The topological polar surface area (TPSA) is 84.9 Å². The number of alkyl halides is 3. The standard InChI is InChI=1S/C20H17F3N2O5/c1-29-19(28)12-6-8-13(9-7-12)30-11-18(27)25-15-5-3-2-4-14(15)24-17(26)10-16(25)20(21,22)23/h2-9,16H,10-11H2,1H3,(H,24,26)/t16-/m0/s1. The summed E-state index contributed by atoms with van der Waals surface area (Å²) >= 11 is 0. The Kier molecular flexibility index (Phi) is 5.95. The average molecular weight is 422 g/mol. The zero-order valence-electron chi connectivity index (χ0n) is 15.7. The van der Waals surface area contributed by atoms with Crippen LogP contribution in [0.25, 0.3) is 0 Å². The maximum absolute atomic E-state index is 13.7. The van der Waals surface area contributed by atoms with E-state index in [0.29, 0.717) is 4.90 Å². The van der Waals surface area contributed by atoms with Gasteiger partial charge in [-0.05, 0) is 36.4 Å². The molecular weight excluding hydrogens is 405 g/mol. The number of anilines is 2. The molecule has 1 aliphatic rings. The first-order valence-electron chi connectivity index (χ1n) is 8.79. The summed E-state index contributed by atoms with van der Waals surface area (Å²) in [6.07, 6.45) is -5.76. The first kappa shape index (κ1) is 21.2. The van der Waals surface area contributed by atoms with Gasteiger partial charge in [0, 0.05) is 0 Å². The molecule has 1 aliphatic heterocycles. The van der Waals surface area contributed by atoms with Crippen LogP contribution in [0.1, 0.15) is 16.8 Å². The molecule has 0 aromatic heterocycles. The summed E-state index contributed by atoms with van der Waals surface area (Å²) in [6.45, 7) is -0.702. The summed E-state index contributed by atoms with van der Waals surface area (Å²) in [7, 11) is 1.22. The Morgan fingerprint density at radius 1 is 1.13 bits per heavy atom. The van der Waals surface area contributed by atoms with Crippen LogP contribution >= 0.6 is 0 Å². The molecule has 0 saturated carbocycles. The van der Waals surface area contributed by atoms with Gasteiger partial charge in [-0.25, -0.2) is 4.79 Å². The molecule has 1 heterocycles. The molecule has 3 rings (SSSR count). The van der Waals surface area contributed by atoms with Gasteiger partial charge < -0.3 is 14.8 Å². The van der Waals surface area contributed by atoms with Gasteiger partial charge in [0.2, 0.25) is 5.91 Å². The normalized spacial score (nSPS) is 16.2. The molecule has 0 bridgehead atoms. The molecule has 0 fully saturated rings. The van der Waals surface area contributed by atoms with Gasteiger partial charge in [0.1, 0.15) is 11.8 Å². The van der Waals surface area contributed by atoms with E-state index in [-0.39, 0.29) is 22.7 Å². The minimum atomic E-state index is -4.83. The Morgan fingerprint density at radius 3 is 2.43 bits per heavy atom. The quantitative estimate of drug-likeness (QED) is 0.766. The fourth-order valence-corrected chi connectivity index (χ4v) is 3.02. The molecular formula is C20H17F3N2O5. The molecule has 2 aromatic carbocycles. The van der Waals surface area contributed by atoms with Crippen molar-refractivity contribution in [2.75, 3.05) is 23.9 Å². The fraction of sp³-hybridized carbons (Fsp3) is 0.250. The van der Waals surface area contributed by atoms with Gasteiger partial charge in [-0.1, -0.05) is 12.1 Å². The second-order valence-corrected chi connectivity index (χ2v) is 6.40. The van der Waals surface area contributed by atoms with Crippen LogP contribution in [0, 0.1) is 0 Å². The first-order valence-corrected chi connectivity index (χ1v) is 8.79. The monoisotopic (exact) mass is 422 g/mol. The number of halogens is 3. The second-order valence-electron chi connectivity index (χ2n) is 6.40. The highest BCUT2D eigenvalue weighted by atomic mass is 19.4. The van der Waals surface area contributed by atoms with Crippen LogP contribution in [0.15, 0.2) is 48.5 Å². The van der Waals surface area contributed by atoms with Gasteiger partial charge in [0.05, 0.1) is 30.5 Å². The summed E-state index contributed by atoms with van der Waals surface area (Å²) in [4.78, 5) is 36.7. The number of esters is 1. The number of rotatable bonds is 4. The van der Waals surface area contributed by atoms with E-state index in [1.165, 1.54) is 55.6 Å². The van der Waals surface area contributed by atoms with Gasteiger partial charge in [0.25, 0.3) is 5.91 Å². The molecule has 0 unspecified atom stereocenters. The van der Waals surface area contributed by atoms with Gasteiger partial charge in [-0.15, -0.1) is 0 Å². The lowest BCUT2D eigenvalue weighted by Crippen LogP contribution is -2.51. The van der Waals surface area contributed by atoms with Crippen molar-refractivity contribution in [3.8, 4) is 5.75 Å². The predicted octanol–water partition coefficient (Wildman–Crippen LogP) is 3.16. The van der Waals surface area contributed by atoms with Crippen molar-refractivity contribution in [2.45, 2.75) is 18.6 Å². The molecule has 1 N–H and O–H groups in total. The molecule has 10 heteroatoms. The third kappa shape index (κ3) is 4.53. The van der Waals surface area contributed by atoms with Crippen LogP contribution < -0.4 is 15.0 Å². The zero-order chi connectivity index (χ0) is 21.9. The number of para-hydroxylation sites is 2. The lowest BCUT2D eigenvalue weighted by atomic mass is 10.1. The van der Waals surface area contributed by atoms with Crippen LogP contribution in [0.3, 0.4) is 0 Å². The minimum absolute atomic E-state index is 0.0692. The number of nitrogens with one attached hydrogen (secondary N) is 1. The Morgan fingerprint density at radius 2 is 1.80 bits per heavy atom. The van der Waals surface area contributed by atoms with Crippen molar-refractivity contribution in [1.82, 2.24) is 0 Å². The molecule has 30 heavy (non-hydrogen) atoms. The number of carbonyl (C=O) groups is 3. The van der Waals surface area contributed by atoms with Crippen LogP contribution in [0.4, 0.5) is 24.5 Å². The average Bonchev–Trinajstić information content (AvgIpc) is 2.87. The van der Waals surface area contributed by atoms with E-state index < -0.39 is 43.0 Å². The van der Waals surface area contributed by atoms with E-state index in [2.05, 4.69) is 10.1 Å². The molecule has 0 saturated heterocycles. The predicted molar refractivity (Wildman–Crippen MR) is 100 cm³/mol. The molecule has 2 aromatic rings. The van der Waals surface area contributed by atoms with Crippen molar-refractivity contribution in [3.05, 3.63) is 54.1 Å².